The van der Waals surface area contributed by atoms with Crippen molar-refractivity contribution in [1.82, 2.24) is 0 Å². The molecule has 6 aromatic rings. The molecular formula is C45H34O2P2. The predicted octanol–water partition coefficient (Wildman–Crippen LogP) is 10.7. The number of benzene rings is 6. The van der Waals surface area contributed by atoms with E-state index < -0.39 is 27.1 Å². The van der Waals surface area contributed by atoms with E-state index in [4.69, 9.17) is 9.05 Å². The van der Waals surface area contributed by atoms with E-state index in [1.165, 1.54) is 38.7 Å². The van der Waals surface area contributed by atoms with Gasteiger partial charge in [0.15, 0.2) is 0 Å². The summed E-state index contributed by atoms with van der Waals surface area (Å²) in [5.74, 6) is 1.14. The zero-order valence-electron chi connectivity index (χ0n) is 26.8. The van der Waals surface area contributed by atoms with Gasteiger partial charge in [0.25, 0.3) is 0 Å². The van der Waals surface area contributed by atoms with Crippen molar-refractivity contribution >= 4 is 27.4 Å². The van der Waals surface area contributed by atoms with Crippen molar-refractivity contribution in [1.29, 1.82) is 0 Å². The Morgan fingerprint density at radius 3 is 1.63 bits per heavy atom. The van der Waals surface area contributed by atoms with Gasteiger partial charge in [0.2, 0.25) is 0 Å². The molecule has 49 heavy (non-hydrogen) atoms. The molecule has 0 saturated carbocycles. The van der Waals surface area contributed by atoms with E-state index in [2.05, 4.69) is 188 Å². The van der Waals surface area contributed by atoms with Crippen molar-refractivity contribution in [2.45, 2.75) is 22.1 Å². The van der Waals surface area contributed by atoms with Crippen LogP contribution in [0, 0.1) is 5.92 Å². The highest BCUT2D eigenvalue weighted by atomic mass is 31.1. The van der Waals surface area contributed by atoms with Crippen LogP contribution in [0.25, 0.3) is 5.76 Å². The van der Waals surface area contributed by atoms with Crippen molar-refractivity contribution < 1.29 is 9.05 Å². The van der Waals surface area contributed by atoms with Crippen LogP contribution in [-0.2, 0) is 19.8 Å². The van der Waals surface area contributed by atoms with Gasteiger partial charge in [0.05, 0.1) is 13.8 Å². The Balaban J connectivity index is 1.27. The van der Waals surface area contributed by atoms with Gasteiger partial charge in [-0.25, -0.2) is 0 Å². The fraction of sp³-hybridized carbons (Fsp3) is 0.111. The average Bonchev–Trinajstić information content (AvgIpc) is 3.86. The van der Waals surface area contributed by atoms with Gasteiger partial charge in [-0.15, -0.1) is 0 Å². The molecule has 3 heterocycles. The minimum absolute atomic E-state index is 0.0685. The molecule has 2 nitrogen and oxygen atoms in total. The Morgan fingerprint density at radius 1 is 0.531 bits per heavy atom. The summed E-state index contributed by atoms with van der Waals surface area (Å²) in [6.07, 6.45) is 5.03. The van der Waals surface area contributed by atoms with Crippen molar-refractivity contribution in [2.75, 3.05) is 0 Å². The Kier molecular flexibility index (Phi) is 6.89. The Hall–Kier alpha value is -4.58. The molecule has 0 aromatic heterocycles. The molecule has 3 aliphatic heterocycles. The highest BCUT2D eigenvalue weighted by Crippen LogP contribution is 2.79. The maximum absolute atomic E-state index is 7.75. The van der Waals surface area contributed by atoms with E-state index in [0.29, 0.717) is 0 Å². The summed E-state index contributed by atoms with van der Waals surface area (Å²) in [4.78, 5) is 0. The zero-order valence-corrected chi connectivity index (χ0v) is 28.6. The van der Waals surface area contributed by atoms with Gasteiger partial charge in [-0.2, -0.15) is 0 Å². The van der Waals surface area contributed by atoms with Gasteiger partial charge >= 0.3 is 0 Å². The van der Waals surface area contributed by atoms with E-state index in [1.54, 1.807) is 0 Å². The number of fused-ring (bicyclic) bond motifs is 10. The number of hydrogen-bond acceptors (Lipinski definition) is 2. The molecule has 0 N–H and O–H groups in total. The second-order valence-electron chi connectivity index (χ2n) is 13.2. The van der Waals surface area contributed by atoms with Crippen LogP contribution < -0.4 is 5.30 Å². The average molecular weight is 669 g/mol. The normalized spacial score (nSPS) is 26.2. The second kappa shape index (κ2) is 11.5. The van der Waals surface area contributed by atoms with Gasteiger partial charge in [-0.05, 0) is 33.4 Å². The van der Waals surface area contributed by atoms with Crippen LogP contribution in [0.4, 0.5) is 0 Å². The molecule has 1 saturated heterocycles. The molecule has 10 rings (SSSR count). The quantitative estimate of drug-likeness (QED) is 0.0999. The molecular weight excluding hydrogens is 634 g/mol. The first-order valence-electron chi connectivity index (χ1n) is 17.1. The van der Waals surface area contributed by atoms with Crippen LogP contribution in [0.15, 0.2) is 194 Å². The van der Waals surface area contributed by atoms with Crippen LogP contribution in [0.3, 0.4) is 0 Å². The monoisotopic (exact) mass is 668 g/mol. The third-order valence-corrected chi connectivity index (χ3v) is 16.0. The van der Waals surface area contributed by atoms with Crippen LogP contribution in [0.2, 0.25) is 0 Å². The molecule has 6 aromatic carbocycles. The highest BCUT2D eigenvalue weighted by Gasteiger charge is 2.68. The molecule has 2 bridgehead atoms. The first-order valence-corrected chi connectivity index (χ1v) is 19.7. The largest absolute Gasteiger partial charge is 0.471 e. The zero-order chi connectivity index (χ0) is 32.4. The topological polar surface area (TPSA) is 18.5 Å². The predicted molar refractivity (Wildman–Crippen MR) is 202 cm³/mol. The van der Waals surface area contributed by atoms with Crippen molar-refractivity contribution in [3.8, 4) is 0 Å². The van der Waals surface area contributed by atoms with Gasteiger partial charge in [0.1, 0.15) is 24.7 Å². The lowest BCUT2D eigenvalue weighted by Gasteiger charge is -2.45. The first kappa shape index (κ1) is 29.3. The maximum Gasteiger partial charge on any atom is 0.131 e. The van der Waals surface area contributed by atoms with Gasteiger partial charge in [-0.3, -0.25) is 0 Å². The summed E-state index contributed by atoms with van der Waals surface area (Å²) in [6, 6.07) is 64.0. The lowest BCUT2D eigenvalue weighted by molar-refractivity contribution is 0.118. The van der Waals surface area contributed by atoms with E-state index in [-0.39, 0.29) is 17.2 Å². The van der Waals surface area contributed by atoms with Gasteiger partial charge in [0, 0.05) is 22.4 Å². The smallest absolute Gasteiger partial charge is 0.131 e. The first-order chi connectivity index (χ1) is 24.3. The molecule has 0 spiro atoms. The minimum Gasteiger partial charge on any atom is -0.471 e. The molecule has 4 aliphatic rings. The van der Waals surface area contributed by atoms with E-state index in [1.807, 2.05) is 0 Å². The third-order valence-electron chi connectivity index (χ3n) is 10.8. The van der Waals surface area contributed by atoms with Gasteiger partial charge in [-0.1, -0.05) is 188 Å². The molecule has 3 unspecified atom stereocenters. The molecule has 236 valence electrons. The standard InChI is InChI=1S/C45H34O2P2/c1-6-18-32(19-7-1)43-41-39(30-31-40-42(41)44(33-20-8-2-9-21-33)37-28-16-17-29-38(37)48(40)47-44)49(46-43)45(34-22-10-3-11-23-34,35-24-12-4-13-25-35)36-26-14-5-15-27-36/h1-31,39-40,42H/t39-,40-,42-,44?,48?,49?/m0/s1. The summed E-state index contributed by atoms with van der Waals surface area (Å²) in [7, 11) is -2.11. The molecule has 1 aliphatic carbocycles. The third kappa shape index (κ3) is 4.12. The van der Waals surface area contributed by atoms with Crippen molar-refractivity contribution in [3.05, 3.63) is 227 Å². The Bertz CT molecular complexity index is 2110. The van der Waals surface area contributed by atoms with Crippen LogP contribution in [0.1, 0.15) is 33.4 Å². The highest BCUT2D eigenvalue weighted by molar-refractivity contribution is 7.63. The van der Waals surface area contributed by atoms with Gasteiger partial charge < -0.3 is 9.05 Å². The maximum atomic E-state index is 7.75. The molecule has 0 amide bonds. The molecule has 4 heteroatoms. The second-order valence-corrected chi connectivity index (χ2v) is 17.2. The minimum atomic E-state index is -1.24. The SMILES string of the molecule is C1=C[C@H]2C(=C(c3ccccc3)OP2C(c2ccccc2)(c2ccccc2)c2ccccc2)[C@@H]2[C@H]1P1OC2(c2ccccc2)c2ccccc21. The van der Waals surface area contributed by atoms with Crippen molar-refractivity contribution in [3.63, 3.8) is 0 Å². The van der Waals surface area contributed by atoms with E-state index in [9.17, 15) is 0 Å². The summed E-state index contributed by atoms with van der Waals surface area (Å²) < 4.78 is 15.2. The number of allylic oxidation sites excluding steroid dienone is 2. The number of rotatable bonds is 6. The van der Waals surface area contributed by atoms with Crippen LogP contribution in [-0.4, -0.2) is 11.3 Å². The van der Waals surface area contributed by atoms with E-state index >= 15 is 0 Å². The molecule has 0 radical (unpaired) electrons. The summed E-state index contributed by atoms with van der Waals surface area (Å²) in [6.45, 7) is 0. The molecule has 1 fully saturated rings. The lowest BCUT2D eigenvalue weighted by atomic mass is 9.68. The van der Waals surface area contributed by atoms with Crippen LogP contribution in [0.5, 0.6) is 0 Å². The fourth-order valence-corrected chi connectivity index (χ4v) is 14.8. The summed E-state index contributed by atoms with van der Waals surface area (Å²) in [5.41, 5.74) is 8.56. The number of hydrogen-bond donors (Lipinski definition) is 0. The fourth-order valence-electron chi connectivity index (χ4n) is 8.92. The lowest BCUT2D eigenvalue weighted by Crippen LogP contribution is -2.45. The Morgan fingerprint density at radius 2 is 1.04 bits per heavy atom. The summed E-state index contributed by atoms with van der Waals surface area (Å²) in [5, 5.41) is 0.839. The van der Waals surface area contributed by atoms with Crippen LogP contribution >= 0.6 is 16.3 Å². The molecule has 6 atom stereocenters. The Labute approximate surface area is 290 Å². The van der Waals surface area contributed by atoms with Crippen molar-refractivity contribution in [2.24, 2.45) is 5.92 Å². The van der Waals surface area contributed by atoms with E-state index in [0.717, 1.165) is 11.3 Å². The summed E-state index contributed by atoms with van der Waals surface area (Å²) >= 11 is 0.